The molecule has 0 bridgehead atoms. The number of methoxy groups -OCH3 is 1. The van der Waals surface area contributed by atoms with Crippen molar-refractivity contribution < 1.29 is 23.8 Å². The zero-order valence-electron chi connectivity index (χ0n) is 16.9. The highest BCUT2D eigenvalue weighted by atomic mass is 16.6. The Balaban J connectivity index is 1.87. The van der Waals surface area contributed by atoms with E-state index >= 15 is 0 Å². The Labute approximate surface area is 165 Å². The van der Waals surface area contributed by atoms with Crippen LogP contribution in [0.5, 0.6) is 11.5 Å². The fraction of sp³-hybridized carbons (Fsp3) is 0.545. The summed E-state index contributed by atoms with van der Waals surface area (Å²) in [5.74, 6) is 0.540. The zero-order chi connectivity index (χ0) is 20.1. The first-order valence-corrected chi connectivity index (χ1v) is 9.84. The Morgan fingerprint density at radius 2 is 2.04 bits per heavy atom. The van der Waals surface area contributed by atoms with Gasteiger partial charge in [0.15, 0.2) is 11.5 Å². The van der Waals surface area contributed by atoms with Crippen LogP contribution in [0.4, 0.5) is 0 Å². The fourth-order valence-electron chi connectivity index (χ4n) is 5.12. The lowest BCUT2D eigenvalue weighted by atomic mass is 9.73. The molecule has 1 aromatic rings. The minimum absolute atomic E-state index is 0.198. The lowest BCUT2D eigenvalue weighted by Crippen LogP contribution is -2.32. The monoisotopic (exact) mass is 385 g/mol. The highest BCUT2D eigenvalue weighted by molar-refractivity contribution is 5.74. The number of esters is 2. The second-order valence-corrected chi connectivity index (χ2v) is 8.10. The summed E-state index contributed by atoms with van der Waals surface area (Å²) >= 11 is 0. The van der Waals surface area contributed by atoms with E-state index in [1.807, 2.05) is 12.1 Å². The van der Waals surface area contributed by atoms with Gasteiger partial charge in [-0.05, 0) is 56.0 Å². The van der Waals surface area contributed by atoms with Gasteiger partial charge in [0, 0.05) is 37.4 Å². The quantitative estimate of drug-likeness (QED) is 0.453. The molecule has 6 nitrogen and oxygen atoms in total. The first-order chi connectivity index (χ1) is 13.3. The fourth-order valence-corrected chi connectivity index (χ4v) is 5.12. The molecule has 0 fully saturated rings. The molecule has 3 unspecified atom stereocenters. The van der Waals surface area contributed by atoms with Crippen LogP contribution in [-0.2, 0) is 26.2 Å². The molecule has 0 aromatic heterocycles. The summed E-state index contributed by atoms with van der Waals surface area (Å²) in [6.07, 6.45) is 7.41. The molecule has 1 spiro atoms. The number of rotatable bonds is 3. The number of carbonyl (C=O) groups is 2. The molecule has 0 saturated carbocycles. The van der Waals surface area contributed by atoms with Gasteiger partial charge < -0.3 is 14.2 Å². The number of hydrogen-bond acceptors (Lipinski definition) is 6. The number of nitrogens with zero attached hydrogens (tertiary/aromatic N) is 1. The Bertz CT molecular complexity index is 861. The predicted octanol–water partition coefficient (Wildman–Crippen LogP) is 3.07. The molecule has 0 N–H and O–H groups in total. The second-order valence-electron chi connectivity index (χ2n) is 8.10. The topological polar surface area (TPSA) is 65.1 Å². The van der Waals surface area contributed by atoms with E-state index < -0.39 is 0 Å². The van der Waals surface area contributed by atoms with Crippen LogP contribution in [0, 0.1) is 0 Å². The van der Waals surface area contributed by atoms with Gasteiger partial charge >= 0.3 is 11.9 Å². The van der Waals surface area contributed by atoms with E-state index in [0.717, 1.165) is 37.8 Å². The van der Waals surface area contributed by atoms with Crippen molar-refractivity contribution in [3.8, 4) is 11.5 Å². The van der Waals surface area contributed by atoms with Gasteiger partial charge in [0.2, 0.25) is 0 Å². The van der Waals surface area contributed by atoms with Gasteiger partial charge in [0.1, 0.15) is 6.10 Å². The smallest absolute Gasteiger partial charge is 0.308 e. The molecule has 150 valence electrons. The number of hydrogen-bond donors (Lipinski definition) is 0. The number of allylic oxidation sites excluding steroid dienone is 1. The van der Waals surface area contributed by atoms with Gasteiger partial charge in [0.05, 0.1) is 7.11 Å². The number of carbonyl (C=O) groups excluding carboxylic acids is 2. The van der Waals surface area contributed by atoms with E-state index in [-0.39, 0.29) is 29.5 Å². The third kappa shape index (κ3) is 3.00. The lowest BCUT2D eigenvalue weighted by molar-refractivity contribution is -0.144. The van der Waals surface area contributed by atoms with Crippen LogP contribution in [0.1, 0.15) is 55.8 Å². The molecular formula is C22H27NO5. The van der Waals surface area contributed by atoms with Crippen LogP contribution in [0.25, 0.3) is 0 Å². The molecule has 0 saturated heterocycles. The largest absolute Gasteiger partial charge is 0.493 e. The molecule has 1 aromatic carbocycles. The van der Waals surface area contributed by atoms with Crippen molar-refractivity contribution in [2.24, 2.45) is 0 Å². The van der Waals surface area contributed by atoms with Crippen molar-refractivity contribution in [2.45, 2.75) is 57.1 Å². The maximum Gasteiger partial charge on any atom is 0.308 e. The number of benzene rings is 1. The Hall–Kier alpha value is -2.34. The van der Waals surface area contributed by atoms with Gasteiger partial charge in [-0.15, -0.1) is 0 Å². The summed E-state index contributed by atoms with van der Waals surface area (Å²) in [6.45, 7) is 3.85. The van der Waals surface area contributed by atoms with E-state index in [0.29, 0.717) is 11.5 Å². The van der Waals surface area contributed by atoms with Crippen LogP contribution in [0.2, 0.25) is 0 Å². The molecule has 6 heteroatoms. The van der Waals surface area contributed by atoms with Crippen LogP contribution in [0.3, 0.4) is 0 Å². The normalized spacial score (nSPS) is 28.1. The van der Waals surface area contributed by atoms with Gasteiger partial charge in [-0.25, -0.2) is 0 Å². The maximum absolute atomic E-state index is 11.9. The summed E-state index contributed by atoms with van der Waals surface area (Å²) in [4.78, 5) is 25.6. The Kier molecular flexibility index (Phi) is 4.70. The van der Waals surface area contributed by atoms with Gasteiger partial charge in [-0.3, -0.25) is 14.5 Å². The Morgan fingerprint density at radius 1 is 1.25 bits per heavy atom. The van der Waals surface area contributed by atoms with Crippen molar-refractivity contribution >= 4 is 11.9 Å². The van der Waals surface area contributed by atoms with E-state index in [2.05, 4.69) is 18.0 Å². The van der Waals surface area contributed by atoms with E-state index in [1.54, 1.807) is 7.11 Å². The molecule has 0 radical (unpaired) electrons. The molecule has 2 aliphatic carbocycles. The summed E-state index contributed by atoms with van der Waals surface area (Å²) in [5.41, 5.74) is 3.38. The number of fused-ring (bicyclic) bond motifs is 1. The molecule has 0 amide bonds. The van der Waals surface area contributed by atoms with Crippen LogP contribution in [-0.4, -0.2) is 43.6 Å². The highest BCUT2D eigenvalue weighted by Crippen LogP contribution is 2.59. The van der Waals surface area contributed by atoms with Gasteiger partial charge in [0.25, 0.3) is 0 Å². The SMILES string of the molecule is COc1cc2c3c(c1OC(C)=O)C1(C=CC(OC(C)=O)CC1)CC3N(C)CC2. The average Bonchev–Trinajstić information content (AvgIpc) is 2.97. The first-order valence-electron chi connectivity index (χ1n) is 9.84. The van der Waals surface area contributed by atoms with Gasteiger partial charge in [-0.2, -0.15) is 0 Å². The highest BCUT2D eigenvalue weighted by Gasteiger charge is 2.50. The number of likely N-dealkylation sites (N-methyl/N-ethyl adjacent to an activating group) is 1. The van der Waals surface area contributed by atoms with Crippen molar-refractivity contribution in [1.29, 1.82) is 0 Å². The lowest BCUT2D eigenvalue weighted by Gasteiger charge is -2.34. The minimum atomic E-state index is -0.352. The van der Waals surface area contributed by atoms with Crippen molar-refractivity contribution in [1.82, 2.24) is 4.90 Å². The summed E-state index contributed by atoms with van der Waals surface area (Å²) in [6, 6.07) is 2.32. The van der Waals surface area contributed by atoms with Gasteiger partial charge in [-0.1, -0.05) is 6.08 Å². The second kappa shape index (κ2) is 6.92. The zero-order valence-corrected chi connectivity index (χ0v) is 16.9. The van der Waals surface area contributed by atoms with Crippen molar-refractivity contribution in [3.63, 3.8) is 0 Å². The minimum Gasteiger partial charge on any atom is -0.493 e. The van der Waals surface area contributed by atoms with Crippen LogP contribution in [0.15, 0.2) is 18.2 Å². The molecule has 4 rings (SSSR count). The maximum atomic E-state index is 11.9. The summed E-state index contributed by atoms with van der Waals surface area (Å²) in [5, 5.41) is 0. The van der Waals surface area contributed by atoms with E-state index in [4.69, 9.17) is 14.2 Å². The molecular weight excluding hydrogens is 358 g/mol. The number of ether oxygens (including phenoxy) is 3. The van der Waals surface area contributed by atoms with E-state index in [9.17, 15) is 9.59 Å². The molecule has 28 heavy (non-hydrogen) atoms. The molecule has 1 aliphatic heterocycles. The van der Waals surface area contributed by atoms with Crippen molar-refractivity contribution in [3.05, 3.63) is 34.9 Å². The molecule has 1 heterocycles. The average molecular weight is 385 g/mol. The van der Waals surface area contributed by atoms with E-state index in [1.165, 1.54) is 25.0 Å². The summed E-state index contributed by atoms with van der Waals surface area (Å²) in [7, 11) is 3.77. The third-order valence-electron chi connectivity index (χ3n) is 6.31. The van der Waals surface area contributed by atoms with Crippen molar-refractivity contribution in [2.75, 3.05) is 20.7 Å². The Morgan fingerprint density at radius 3 is 2.64 bits per heavy atom. The molecule has 3 atom stereocenters. The molecule has 3 aliphatic rings. The standard InChI is InChI=1S/C22H27NO5/c1-13(24)27-16-5-8-22(9-6-16)12-17-19-15(7-10-23(17)3)11-18(26-4)21(20(19)22)28-14(2)25/h5,8,11,16-17H,6-7,9-10,12H2,1-4H3. The predicted molar refractivity (Wildman–Crippen MR) is 104 cm³/mol. The first kappa shape index (κ1) is 19.0. The third-order valence-corrected chi connectivity index (χ3v) is 6.31. The van der Waals surface area contributed by atoms with Crippen LogP contribution < -0.4 is 9.47 Å². The van der Waals surface area contributed by atoms with Crippen LogP contribution >= 0.6 is 0 Å². The summed E-state index contributed by atoms with van der Waals surface area (Å²) < 4.78 is 16.7.